The van der Waals surface area contributed by atoms with E-state index < -0.39 is 5.97 Å². The average Bonchev–Trinajstić information content (AvgIpc) is 2.49. The SMILES string of the molecule is Cc1ccccc1N(CCC(=O)O)C(=O)C1CCOCC1. The molecule has 114 valence electrons. The van der Waals surface area contributed by atoms with Gasteiger partial charge in [-0.05, 0) is 31.4 Å². The Morgan fingerprint density at radius 1 is 1.29 bits per heavy atom. The Hall–Kier alpha value is -1.88. The Morgan fingerprint density at radius 3 is 2.57 bits per heavy atom. The highest BCUT2D eigenvalue weighted by atomic mass is 16.5. The number of amides is 1. The molecule has 1 N–H and O–H groups in total. The number of carboxylic acid groups (broad SMARTS) is 1. The summed E-state index contributed by atoms with van der Waals surface area (Å²) >= 11 is 0. The molecule has 0 bridgehead atoms. The van der Waals surface area contributed by atoms with Gasteiger partial charge in [0.1, 0.15) is 0 Å². The quantitative estimate of drug-likeness (QED) is 0.903. The zero-order chi connectivity index (χ0) is 15.2. The highest BCUT2D eigenvalue weighted by molar-refractivity contribution is 5.96. The summed E-state index contributed by atoms with van der Waals surface area (Å²) in [5.74, 6) is -0.964. The van der Waals surface area contributed by atoms with Crippen molar-refractivity contribution in [1.82, 2.24) is 0 Å². The molecule has 0 aromatic heterocycles. The molecule has 1 aliphatic heterocycles. The summed E-state index contributed by atoms with van der Waals surface area (Å²) in [6, 6.07) is 7.58. The highest BCUT2D eigenvalue weighted by Crippen LogP contribution is 2.25. The number of ether oxygens (including phenoxy) is 1. The second kappa shape index (κ2) is 7.22. The normalized spacial score (nSPS) is 15.7. The van der Waals surface area contributed by atoms with Gasteiger partial charge in [-0.3, -0.25) is 9.59 Å². The number of hydrogen-bond acceptors (Lipinski definition) is 3. The molecule has 0 atom stereocenters. The van der Waals surface area contributed by atoms with Crippen molar-refractivity contribution in [3.8, 4) is 0 Å². The van der Waals surface area contributed by atoms with Crippen LogP contribution < -0.4 is 4.90 Å². The predicted molar refractivity (Wildman–Crippen MR) is 79.3 cm³/mol. The first-order chi connectivity index (χ1) is 10.1. The van der Waals surface area contributed by atoms with Crippen LogP contribution in [0.1, 0.15) is 24.8 Å². The molecule has 0 aliphatic carbocycles. The molecule has 1 saturated heterocycles. The van der Waals surface area contributed by atoms with Crippen molar-refractivity contribution in [3.05, 3.63) is 29.8 Å². The maximum absolute atomic E-state index is 12.7. The summed E-state index contributed by atoms with van der Waals surface area (Å²) < 4.78 is 5.29. The monoisotopic (exact) mass is 291 g/mol. The van der Waals surface area contributed by atoms with Crippen molar-refractivity contribution < 1.29 is 19.4 Å². The Morgan fingerprint density at radius 2 is 1.95 bits per heavy atom. The minimum Gasteiger partial charge on any atom is -0.481 e. The van der Waals surface area contributed by atoms with Gasteiger partial charge in [0.25, 0.3) is 0 Å². The molecular weight excluding hydrogens is 270 g/mol. The second-order valence-corrected chi connectivity index (χ2v) is 5.31. The van der Waals surface area contributed by atoms with E-state index in [0.29, 0.717) is 26.1 Å². The molecule has 5 heteroatoms. The first-order valence-electron chi connectivity index (χ1n) is 7.26. The van der Waals surface area contributed by atoms with E-state index in [0.717, 1.165) is 11.3 Å². The molecule has 1 aromatic rings. The summed E-state index contributed by atoms with van der Waals surface area (Å²) in [4.78, 5) is 25.2. The molecule has 0 spiro atoms. The Balaban J connectivity index is 2.20. The zero-order valence-electron chi connectivity index (χ0n) is 12.2. The molecule has 21 heavy (non-hydrogen) atoms. The zero-order valence-corrected chi connectivity index (χ0v) is 12.2. The van der Waals surface area contributed by atoms with E-state index in [1.54, 1.807) is 4.90 Å². The second-order valence-electron chi connectivity index (χ2n) is 5.31. The maximum Gasteiger partial charge on any atom is 0.305 e. The van der Waals surface area contributed by atoms with Crippen LogP contribution in [0.15, 0.2) is 24.3 Å². The minimum absolute atomic E-state index is 0.00819. The van der Waals surface area contributed by atoms with Crippen molar-refractivity contribution >= 4 is 17.6 Å². The fourth-order valence-electron chi connectivity index (χ4n) is 2.59. The topological polar surface area (TPSA) is 66.8 Å². The summed E-state index contributed by atoms with van der Waals surface area (Å²) in [7, 11) is 0. The predicted octanol–water partition coefficient (Wildman–Crippen LogP) is 2.23. The van der Waals surface area contributed by atoms with Gasteiger partial charge in [-0.1, -0.05) is 18.2 Å². The molecule has 0 radical (unpaired) electrons. The van der Waals surface area contributed by atoms with Crippen LogP contribution in [0.2, 0.25) is 0 Å². The van der Waals surface area contributed by atoms with Crippen molar-refractivity contribution in [2.45, 2.75) is 26.2 Å². The van der Waals surface area contributed by atoms with Gasteiger partial charge < -0.3 is 14.7 Å². The van der Waals surface area contributed by atoms with Gasteiger partial charge in [-0.15, -0.1) is 0 Å². The maximum atomic E-state index is 12.7. The van der Waals surface area contributed by atoms with Gasteiger partial charge >= 0.3 is 5.97 Å². The number of hydrogen-bond donors (Lipinski definition) is 1. The van der Waals surface area contributed by atoms with E-state index in [-0.39, 0.29) is 24.8 Å². The van der Waals surface area contributed by atoms with Crippen LogP contribution >= 0.6 is 0 Å². The number of aryl methyl sites for hydroxylation is 1. The number of aliphatic carboxylic acids is 1. The van der Waals surface area contributed by atoms with Gasteiger partial charge in [-0.2, -0.15) is 0 Å². The number of nitrogens with zero attached hydrogens (tertiary/aromatic N) is 1. The summed E-state index contributed by atoms with van der Waals surface area (Å²) in [5, 5.41) is 8.91. The van der Waals surface area contributed by atoms with Gasteiger partial charge in [0.15, 0.2) is 0 Å². The number of carbonyl (C=O) groups excluding carboxylic acids is 1. The number of rotatable bonds is 5. The van der Waals surface area contributed by atoms with Crippen molar-refractivity contribution in [2.75, 3.05) is 24.7 Å². The molecule has 1 aliphatic rings. The third-order valence-corrected chi connectivity index (χ3v) is 3.79. The fourth-order valence-corrected chi connectivity index (χ4v) is 2.59. The molecule has 1 fully saturated rings. The average molecular weight is 291 g/mol. The number of carbonyl (C=O) groups is 2. The molecule has 2 rings (SSSR count). The molecule has 0 unspecified atom stereocenters. The first-order valence-corrected chi connectivity index (χ1v) is 7.26. The third-order valence-electron chi connectivity index (χ3n) is 3.79. The molecule has 0 saturated carbocycles. The standard InChI is InChI=1S/C16H21NO4/c1-12-4-2-3-5-14(12)17(9-6-15(18)19)16(20)13-7-10-21-11-8-13/h2-5,13H,6-11H2,1H3,(H,18,19). The highest BCUT2D eigenvalue weighted by Gasteiger charge is 2.28. The lowest BCUT2D eigenvalue weighted by molar-refractivity contribution is -0.136. The van der Waals surface area contributed by atoms with Crippen molar-refractivity contribution in [1.29, 1.82) is 0 Å². The third kappa shape index (κ3) is 4.04. The van der Waals surface area contributed by atoms with Gasteiger partial charge in [0.2, 0.25) is 5.91 Å². The van der Waals surface area contributed by atoms with E-state index >= 15 is 0 Å². The largest absolute Gasteiger partial charge is 0.481 e. The number of para-hydroxylation sites is 1. The van der Waals surface area contributed by atoms with Crippen LogP contribution in [0.4, 0.5) is 5.69 Å². The lowest BCUT2D eigenvalue weighted by Gasteiger charge is -2.30. The Labute approximate surface area is 124 Å². The first kappa shape index (κ1) is 15.5. The molecule has 1 amide bonds. The number of anilines is 1. The van der Waals surface area contributed by atoms with Crippen LogP contribution in [0.3, 0.4) is 0 Å². The van der Waals surface area contributed by atoms with Crippen molar-refractivity contribution in [2.24, 2.45) is 5.92 Å². The minimum atomic E-state index is -0.895. The Bertz CT molecular complexity index is 509. The van der Waals surface area contributed by atoms with Gasteiger partial charge in [-0.25, -0.2) is 0 Å². The Kier molecular flexibility index (Phi) is 5.33. The summed E-state index contributed by atoms with van der Waals surface area (Å²) in [6.07, 6.45) is 1.35. The van der Waals surface area contributed by atoms with Crippen LogP contribution in [-0.2, 0) is 14.3 Å². The van der Waals surface area contributed by atoms with E-state index in [9.17, 15) is 9.59 Å². The van der Waals surface area contributed by atoms with E-state index in [1.807, 2.05) is 31.2 Å². The van der Waals surface area contributed by atoms with E-state index in [1.165, 1.54) is 0 Å². The number of carboxylic acids is 1. The molecule has 5 nitrogen and oxygen atoms in total. The lowest BCUT2D eigenvalue weighted by atomic mass is 9.97. The summed E-state index contributed by atoms with van der Waals surface area (Å²) in [5.41, 5.74) is 1.78. The molecular formula is C16H21NO4. The number of benzene rings is 1. The molecule has 1 heterocycles. The van der Waals surface area contributed by atoms with Crippen LogP contribution in [-0.4, -0.2) is 36.7 Å². The fraction of sp³-hybridized carbons (Fsp3) is 0.500. The molecule has 1 aromatic carbocycles. The lowest BCUT2D eigenvalue weighted by Crippen LogP contribution is -2.40. The van der Waals surface area contributed by atoms with Crippen molar-refractivity contribution in [3.63, 3.8) is 0 Å². The smallest absolute Gasteiger partial charge is 0.305 e. The van der Waals surface area contributed by atoms with Crippen LogP contribution in [0, 0.1) is 12.8 Å². The van der Waals surface area contributed by atoms with E-state index in [2.05, 4.69) is 0 Å². The van der Waals surface area contributed by atoms with Gasteiger partial charge in [0.05, 0.1) is 6.42 Å². The van der Waals surface area contributed by atoms with Crippen LogP contribution in [0.5, 0.6) is 0 Å². The summed E-state index contributed by atoms with van der Waals surface area (Å²) in [6.45, 7) is 3.32. The van der Waals surface area contributed by atoms with E-state index in [4.69, 9.17) is 9.84 Å². The van der Waals surface area contributed by atoms with Crippen LogP contribution in [0.25, 0.3) is 0 Å². The van der Waals surface area contributed by atoms with Gasteiger partial charge in [0, 0.05) is 31.4 Å².